The van der Waals surface area contributed by atoms with Crippen molar-refractivity contribution in [2.24, 2.45) is 0 Å². The van der Waals surface area contributed by atoms with Crippen molar-refractivity contribution in [3.63, 3.8) is 0 Å². The van der Waals surface area contributed by atoms with Crippen molar-refractivity contribution in [1.29, 1.82) is 0 Å². The summed E-state index contributed by atoms with van der Waals surface area (Å²) in [6.07, 6.45) is 0. The van der Waals surface area contributed by atoms with Crippen molar-refractivity contribution in [2.75, 3.05) is 20.0 Å². The Kier molecular flexibility index (Phi) is 6.90. The molecule has 0 fully saturated rings. The van der Waals surface area contributed by atoms with Gasteiger partial charge in [0.25, 0.3) is 5.78 Å². The minimum absolute atomic E-state index is 0.144. The maximum absolute atomic E-state index is 14.1. The van der Waals surface area contributed by atoms with Crippen LogP contribution in [0.4, 0.5) is 5.69 Å². The standard InChI is InChI=1S/C35H26N4O5S/c1-19-11-13-21(14-12-19)39-31(35(41)44-38-39)32(40)33-30(36)29-26(25-16-15-22(42-2)17-28(25)43-3)18-27(37-34(29)45-33)24-10-6-8-20-7-4-5-9-23(20)24/h4-18H,1-3H3,(H2-,36,38,40,41)/p+1. The van der Waals surface area contributed by atoms with Crippen LogP contribution in [0.25, 0.3) is 49.1 Å². The van der Waals surface area contributed by atoms with Crippen LogP contribution < -0.4 is 19.9 Å². The molecule has 0 bridgehead atoms. The fraction of sp³-hybridized carbons (Fsp3) is 0.0857. The number of anilines is 1. The van der Waals surface area contributed by atoms with E-state index in [1.807, 2.05) is 61.5 Å². The minimum atomic E-state index is -0.612. The number of carbonyl (C=O) groups excluding carboxylic acids is 1. The molecule has 9 nitrogen and oxygen atoms in total. The minimum Gasteiger partial charge on any atom is -0.497 e. The second-order valence-electron chi connectivity index (χ2n) is 10.5. The van der Waals surface area contributed by atoms with Gasteiger partial charge in [0.05, 0.1) is 25.6 Å². The van der Waals surface area contributed by atoms with E-state index in [9.17, 15) is 9.90 Å². The number of nitrogen functional groups attached to an aromatic ring is 1. The van der Waals surface area contributed by atoms with E-state index < -0.39 is 11.7 Å². The number of hydrogen-bond acceptors (Lipinski definition) is 9. The predicted octanol–water partition coefficient (Wildman–Crippen LogP) is 6.89. The van der Waals surface area contributed by atoms with E-state index in [0.29, 0.717) is 33.1 Å². The average Bonchev–Trinajstić information content (AvgIpc) is 3.63. The van der Waals surface area contributed by atoms with E-state index in [-0.39, 0.29) is 16.3 Å². The third-order valence-corrected chi connectivity index (χ3v) is 8.88. The molecular formula is C35H27N4O5S+. The summed E-state index contributed by atoms with van der Waals surface area (Å²) in [5, 5.41) is 17.3. The van der Waals surface area contributed by atoms with E-state index in [4.69, 9.17) is 24.7 Å². The number of rotatable bonds is 7. The molecule has 222 valence electrons. The van der Waals surface area contributed by atoms with Crippen molar-refractivity contribution < 1.29 is 28.6 Å². The first-order chi connectivity index (χ1) is 21.9. The second kappa shape index (κ2) is 11.1. The van der Waals surface area contributed by atoms with E-state index in [0.717, 1.165) is 44.4 Å². The molecule has 3 N–H and O–H groups in total. The number of ketones is 1. The SMILES string of the molecule is COc1ccc(-c2cc(-c3cccc4ccccc34)nc3sc(C(=O)c4c(O)on[n+]4-c4ccc(C)cc4)c(N)c23)c(OC)c1. The smallest absolute Gasteiger partial charge is 0.393 e. The third-order valence-electron chi connectivity index (χ3n) is 7.79. The average molecular weight is 616 g/mol. The van der Waals surface area contributed by atoms with Gasteiger partial charge in [0.1, 0.15) is 21.2 Å². The summed E-state index contributed by atoms with van der Waals surface area (Å²) in [6.45, 7) is 1.95. The van der Waals surface area contributed by atoms with Crippen molar-refractivity contribution in [3.05, 3.63) is 107 Å². The summed E-state index contributed by atoms with van der Waals surface area (Å²) in [7, 11) is 3.18. The molecule has 0 amide bonds. The highest BCUT2D eigenvalue weighted by Gasteiger charge is 2.37. The highest BCUT2D eigenvalue weighted by molar-refractivity contribution is 7.21. The summed E-state index contributed by atoms with van der Waals surface area (Å²) in [6, 6.07) is 29.0. The van der Waals surface area contributed by atoms with Gasteiger partial charge in [-0.05, 0) is 41.5 Å². The van der Waals surface area contributed by atoms with Gasteiger partial charge in [-0.3, -0.25) is 9.32 Å². The monoisotopic (exact) mass is 615 g/mol. The number of aryl methyl sites for hydroxylation is 1. The Hall–Kier alpha value is -5.74. The molecule has 0 aliphatic rings. The second-order valence-corrected chi connectivity index (χ2v) is 11.5. The number of thiophene rings is 1. The van der Waals surface area contributed by atoms with Crippen LogP contribution in [-0.4, -0.2) is 35.4 Å². The number of aromatic nitrogens is 3. The number of nitrogens with zero attached hydrogens (tertiary/aromatic N) is 3. The lowest BCUT2D eigenvalue weighted by Gasteiger charge is -2.14. The quantitative estimate of drug-likeness (QED) is 0.147. The fourth-order valence-electron chi connectivity index (χ4n) is 5.53. The number of pyridine rings is 1. The molecule has 0 radical (unpaired) electrons. The van der Waals surface area contributed by atoms with Gasteiger partial charge < -0.3 is 20.3 Å². The van der Waals surface area contributed by atoms with Crippen LogP contribution >= 0.6 is 11.3 Å². The summed E-state index contributed by atoms with van der Waals surface area (Å²) in [5.41, 5.74) is 11.6. The maximum atomic E-state index is 14.1. The summed E-state index contributed by atoms with van der Waals surface area (Å²) < 4.78 is 17.6. The van der Waals surface area contributed by atoms with Crippen molar-refractivity contribution in [1.82, 2.24) is 10.3 Å². The third kappa shape index (κ3) is 4.72. The van der Waals surface area contributed by atoms with E-state index in [2.05, 4.69) is 23.5 Å². The molecule has 3 aromatic heterocycles. The summed E-state index contributed by atoms with van der Waals surface area (Å²) in [5.74, 6) is 0.0408. The van der Waals surface area contributed by atoms with Gasteiger partial charge in [-0.1, -0.05) is 60.2 Å². The number of hydrogen-bond donors (Lipinski definition) is 2. The molecule has 3 heterocycles. The van der Waals surface area contributed by atoms with Gasteiger partial charge in [-0.15, -0.1) is 11.3 Å². The van der Waals surface area contributed by atoms with Gasteiger partial charge in [0.2, 0.25) is 11.0 Å². The molecule has 0 saturated heterocycles. The molecule has 0 atom stereocenters. The van der Waals surface area contributed by atoms with Crippen molar-refractivity contribution in [3.8, 4) is 45.5 Å². The fourth-order valence-corrected chi connectivity index (χ4v) is 6.59. The molecule has 4 aromatic carbocycles. The van der Waals surface area contributed by atoms with E-state index in [1.54, 1.807) is 32.4 Å². The van der Waals surface area contributed by atoms with Crippen molar-refractivity contribution >= 4 is 43.8 Å². The highest BCUT2D eigenvalue weighted by Crippen LogP contribution is 2.45. The number of nitrogens with two attached hydrogens (primary N) is 1. The Morgan fingerprint density at radius 1 is 0.911 bits per heavy atom. The van der Waals surface area contributed by atoms with Gasteiger partial charge >= 0.3 is 11.6 Å². The molecule has 7 rings (SSSR count). The maximum Gasteiger partial charge on any atom is 0.393 e. The van der Waals surface area contributed by atoms with Crippen LogP contribution in [0.1, 0.15) is 20.9 Å². The van der Waals surface area contributed by atoms with Gasteiger partial charge in [0.15, 0.2) is 0 Å². The van der Waals surface area contributed by atoms with Gasteiger partial charge in [-0.25, -0.2) is 4.98 Å². The zero-order valence-electron chi connectivity index (χ0n) is 24.6. The lowest BCUT2D eigenvalue weighted by Crippen LogP contribution is -2.38. The molecule has 0 unspecified atom stereocenters. The number of aromatic hydroxyl groups is 1. The molecule has 10 heteroatoms. The van der Waals surface area contributed by atoms with Crippen molar-refractivity contribution in [2.45, 2.75) is 6.92 Å². The van der Waals surface area contributed by atoms with Crippen LogP contribution in [0.2, 0.25) is 0 Å². The lowest BCUT2D eigenvalue weighted by atomic mass is 9.96. The van der Waals surface area contributed by atoms with Crippen LogP contribution in [0.5, 0.6) is 17.4 Å². The lowest BCUT2D eigenvalue weighted by molar-refractivity contribution is -0.672. The van der Waals surface area contributed by atoms with Crippen LogP contribution in [0.15, 0.2) is 95.5 Å². The first-order valence-corrected chi connectivity index (χ1v) is 14.9. The molecule has 0 spiro atoms. The Bertz CT molecular complexity index is 2250. The van der Waals surface area contributed by atoms with E-state index >= 15 is 0 Å². The Morgan fingerprint density at radius 3 is 2.47 bits per heavy atom. The van der Waals surface area contributed by atoms with E-state index in [1.165, 1.54) is 4.68 Å². The van der Waals surface area contributed by atoms with Crippen LogP contribution in [0.3, 0.4) is 0 Å². The van der Waals surface area contributed by atoms with Gasteiger partial charge in [0, 0.05) is 39.4 Å². The number of fused-ring (bicyclic) bond motifs is 2. The molecule has 0 aliphatic heterocycles. The topological polar surface area (TPSA) is 125 Å². The Morgan fingerprint density at radius 2 is 1.69 bits per heavy atom. The number of benzene rings is 4. The summed E-state index contributed by atoms with van der Waals surface area (Å²) in [4.78, 5) is 19.9. The van der Waals surface area contributed by atoms with Gasteiger partial charge in [-0.2, -0.15) is 0 Å². The normalized spacial score (nSPS) is 11.3. The Labute approximate surface area is 261 Å². The summed E-state index contributed by atoms with van der Waals surface area (Å²) >= 11 is 1.14. The first kappa shape index (κ1) is 28.1. The molecule has 7 aromatic rings. The molecular weight excluding hydrogens is 588 g/mol. The van der Waals surface area contributed by atoms with Crippen LogP contribution in [0, 0.1) is 6.92 Å². The number of carbonyl (C=O) groups is 1. The zero-order chi connectivity index (χ0) is 31.2. The highest BCUT2D eigenvalue weighted by atomic mass is 32.1. The molecule has 0 saturated carbocycles. The number of methoxy groups -OCH3 is 2. The van der Waals surface area contributed by atoms with Crippen LogP contribution in [-0.2, 0) is 0 Å². The molecule has 0 aliphatic carbocycles. The first-order valence-electron chi connectivity index (χ1n) is 14.0. The molecule has 45 heavy (non-hydrogen) atoms. The Balaban J connectivity index is 1.48. The zero-order valence-corrected chi connectivity index (χ0v) is 25.4. The number of ether oxygens (including phenoxy) is 2. The largest absolute Gasteiger partial charge is 0.497 e. The predicted molar refractivity (Wildman–Crippen MR) is 173 cm³/mol.